The number of benzene rings is 1. The minimum atomic E-state index is -4.91. The summed E-state index contributed by atoms with van der Waals surface area (Å²) < 4.78 is 52.3. The number of carboxylic acid groups (broad SMARTS) is 2. The molecule has 11 heteroatoms. The monoisotopic (exact) mass is 364 g/mol. The van der Waals surface area contributed by atoms with Crippen LogP contribution in [0.5, 0.6) is 0 Å². The van der Waals surface area contributed by atoms with Gasteiger partial charge in [-0.3, -0.25) is 9.69 Å². The van der Waals surface area contributed by atoms with Crippen LogP contribution in [0.25, 0.3) is 0 Å². The Morgan fingerprint density at radius 3 is 2.28 bits per heavy atom. The van der Waals surface area contributed by atoms with Gasteiger partial charge in [0, 0.05) is 13.1 Å². The van der Waals surface area contributed by atoms with Crippen molar-refractivity contribution in [3.63, 3.8) is 0 Å². The summed E-state index contributed by atoms with van der Waals surface area (Å²) in [5, 5.41) is 18.0. The molecular formula is C14H12F4N2O5. The molecule has 0 spiro atoms. The second-order valence-corrected chi connectivity index (χ2v) is 5.27. The molecule has 1 saturated heterocycles. The Labute approximate surface area is 138 Å². The number of hydrogen-bond acceptors (Lipinski definition) is 3. The number of piperazine rings is 1. The first kappa shape index (κ1) is 18.5. The van der Waals surface area contributed by atoms with Crippen LogP contribution < -0.4 is 0 Å². The highest BCUT2D eigenvalue weighted by molar-refractivity contribution is 5.96. The van der Waals surface area contributed by atoms with Crippen molar-refractivity contribution in [3.8, 4) is 0 Å². The summed E-state index contributed by atoms with van der Waals surface area (Å²) in [5.41, 5.74) is -2.31. The first-order chi connectivity index (χ1) is 11.5. The van der Waals surface area contributed by atoms with Crippen LogP contribution in [0.4, 0.5) is 22.4 Å². The van der Waals surface area contributed by atoms with E-state index in [1.165, 1.54) is 0 Å². The summed E-state index contributed by atoms with van der Waals surface area (Å²) >= 11 is 0. The van der Waals surface area contributed by atoms with Crippen molar-refractivity contribution < 1.29 is 42.2 Å². The van der Waals surface area contributed by atoms with E-state index < -0.39 is 60.2 Å². The molecule has 0 saturated carbocycles. The van der Waals surface area contributed by atoms with Gasteiger partial charge < -0.3 is 15.1 Å². The van der Waals surface area contributed by atoms with Crippen molar-refractivity contribution in [3.05, 3.63) is 35.1 Å². The lowest BCUT2D eigenvalue weighted by molar-refractivity contribution is -0.144. The van der Waals surface area contributed by atoms with Crippen LogP contribution in [0, 0.1) is 5.82 Å². The predicted octanol–water partition coefficient (Wildman–Crippen LogP) is 1.73. The number of carbonyl (C=O) groups excluding carboxylic acids is 1. The van der Waals surface area contributed by atoms with Crippen LogP contribution in [0.3, 0.4) is 0 Å². The van der Waals surface area contributed by atoms with Gasteiger partial charge in [-0.05, 0) is 18.2 Å². The van der Waals surface area contributed by atoms with E-state index in [9.17, 15) is 31.9 Å². The molecule has 1 heterocycles. The fourth-order valence-corrected chi connectivity index (χ4v) is 2.52. The number of halogens is 4. The van der Waals surface area contributed by atoms with Gasteiger partial charge in [0.15, 0.2) is 0 Å². The van der Waals surface area contributed by atoms with Gasteiger partial charge >= 0.3 is 18.2 Å². The third-order valence-electron chi connectivity index (χ3n) is 3.72. The van der Waals surface area contributed by atoms with E-state index in [0.717, 1.165) is 4.90 Å². The van der Waals surface area contributed by atoms with Crippen molar-refractivity contribution in [2.24, 2.45) is 0 Å². The molecule has 136 valence electrons. The van der Waals surface area contributed by atoms with Crippen molar-refractivity contribution >= 4 is 18.0 Å². The van der Waals surface area contributed by atoms with Gasteiger partial charge in [-0.1, -0.05) is 0 Å². The SMILES string of the molecule is O=C(O)C1CN(C(=O)c2cc(F)ccc2C(F)(F)F)CCN1C(=O)O. The average Bonchev–Trinajstić information content (AvgIpc) is 2.52. The highest BCUT2D eigenvalue weighted by Gasteiger charge is 2.40. The lowest BCUT2D eigenvalue weighted by atomic mass is 10.0. The second kappa shape index (κ2) is 6.57. The number of rotatable bonds is 2. The molecule has 1 aromatic carbocycles. The number of nitrogens with zero attached hydrogens (tertiary/aromatic N) is 2. The van der Waals surface area contributed by atoms with Gasteiger partial charge in [0.1, 0.15) is 11.9 Å². The number of carbonyl (C=O) groups is 3. The molecule has 0 bridgehead atoms. The van der Waals surface area contributed by atoms with Crippen molar-refractivity contribution in [2.75, 3.05) is 19.6 Å². The van der Waals surface area contributed by atoms with Crippen LogP contribution in [-0.2, 0) is 11.0 Å². The fourth-order valence-electron chi connectivity index (χ4n) is 2.52. The number of hydrogen-bond donors (Lipinski definition) is 2. The standard InChI is InChI=1S/C14H12F4N2O5/c15-7-1-2-9(14(16,17)18)8(5-7)11(21)19-3-4-20(13(24)25)10(6-19)12(22)23/h1-2,5,10H,3-4,6H2,(H,22,23)(H,24,25). The van der Waals surface area contributed by atoms with Gasteiger partial charge in [0.25, 0.3) is 5.91 Å². The quantitative estimate of drug-likeness (QED) is 0.779. The van der Waals surface area contributed by atoms with E-state index in [2.05, 4.69) is 0 Å². The molecule has 0 aromatic heterocycles. The Hall–Kier alpha value is -2.85. The molecule has 1 fully saturated rings. The van der Waals surface area contributed by atoms with E-state index in [0.29, 0.717) is 23.1 Å². The minimum Gasteiger partial charge on any atom is -0.480 e. The van der Waals surface area contributed by atoms with Crippen LogP contribution in [0.15, 0.2) is 18.2 Å². The molecule has 2 rings (SSSR count). The topological polar surface area (TPSA) is 98.2 Å². The van der Waals surface area contributed by atoms with Crippen LogP contribution >= 0.6 is 0 Å². The van der Waals surface area contributed by atoms with Crippen molar-refractivity contribution in [1.82, 2.24) is 9.80 Å². The molecule has 7 nitrogen and oxygen atoms in total. The maximum absolute atomic E-state index is 13.3. The summed E-state index contributed by atoms with van der Waals surface area (Å²) in [7, 11) is 0. The summed E-state index contributed by atoms with van der Waals surface area (Å²) in [6.45, 7) is -1.36. The predicted molar refractivity (Wildman–Crippen MR) is 73.5 cm³/mol. The van der Waals surface area contributed by atoms with Crippen molar-refractivity contribution in [1.29, 1.82) is 0 Å². The number of carboxylic acids is 1. The van der Waals surface area contributed by atoms with E-state index in [4.69, 9.17) is 10.2 Å². The molecule has 2 N–H and O–H groups in total. The maximum atomic E-state index is 13.3. The molecule has 0 aliphatic carbocycles. The normalized spacial score (nSPS) is 18.2. The largest absolute Gasteiger partial charge is 0.480 e. The molecule has 1 aromatic rings. The highest BCUT2D eigenvalue weighted by atomic mass is 19.4. The smallest absolute Gasteiger partial charge is 0.417 e. The first-order valence-corrected chi connectivity index (χ1v) is 6.90. The van der Waals surface area contributed by atoms with Crippen LogP contribution in [0.1, 0.15) is 15.9 Å². The number of alkyl halides is 3. The van der Waals surface area contributed by atoms with E-state index in [1.54, 1.807) is 0 Å². The van der Waals surface area contributed by atoms with E-state index in [-0.39, 0.29) is 6.54 Å². The summed E-state index contributed by atoms with van der Waals surface area (Å²) in [6, 6.07) is -0.227. The van der Waals surface area contributed by atoms with Crippen LogP contribution in [-0.4, -0.2) is 63.7 Å². The van der Waals surface area contributed by atoms with Gasteiger partial charge in [-0.2, -0.15) is 13.2 Å². The molecule has 1 aliphatic heterocycles. The molecule has 1 unspecified atom stereocenters. The average molecular weight is 364 g/mol. The zero-order valence-corrected chi connectivity index (χ0v) is 12.5. The molecule has 25 heavy (non-hydrogen) atoms. The molecule has 1 aliphatic rings. The van der Waals surface area contributed by atoms with Crippen molar-refractivity contribution in [2.45, 2.75) is 12.2 Å². The lowest BCUT2D eigenvalue weighted by Crippen LogP contribution is -2.59. The molecule has 1 atom stereocenters. The lowest BCUT2D eigenvalue weighted by Gasteiger charge is -2.38. The zero-order valence-electron chi connectivity index (χ0n) is 12.5. The van der Waals surface area contributed by atoms with Gasteiger partial charge in [-0.15, -0.1) is 0 Å². The van der Waals surface area contributed by atoms with E-state index >= 15 is 0 Å². The van der Waals surface area contributed by atoms with Crippen LogP contribution in [0.2, 0.25) is 0 Å². The number of amides is 2. The van der Waals surface area contributed by atoms with Gasteiger partial charge in [0.2, 0.25) is 0 Å². The fraction of sp³-hybridized carbons (Fsp3) is 0.357. The molecule has 2 amide bonds. The Bertz CT molecular complexity index is 722. The Balaban J connectivity index is 2.34. The number of aliphatic carboxylic acids is 1. The summed E-state index contributed by atoms with van der Waals surface area (Å²) in [4.78, 5) is 35.9. The van der Waals surface area contributed by atoms with Gasteiger partial charge in [-0.25, -0.2) is 14.0 Å². The summed E-state index contributed by atoms with van der Waals surface area (Å²) in [5.74, 6) is -3.83. The Kier molecular flexibility index (Phi) is 4.86. The summed E-state index contributed by atoms with van der Waals surface area (Å²) in [6.07, 6.45) is -6.44. The molecular weight excluding hydrogens is 352 g/mol. The highest BCUT2D eigenvalue weighted by Crippen LogP contribution is 2.33. The maximum Gasteiger partial charge on any atom is 0.417 e. The Morgan fingerprint density at radius 1 is 1.12 bits per heavy atom. The third-order valence-corrected chi connectivity index (χ3v) is 3.72. The minimum absolute atomic E-state index is 0.317. The zero-order chi connectivity index (χ0) is 18.9. The van der Waals surface area contributed by atoms with E-state index in [1.807, 2.05) is 0 Å². The van der Waals surface area contributed by atoms with Gasteiger partial charge in [0.05, 0.1) is 17.7 Å². The second-order valence-electron chi connectivity index (χ2n) is 5.27. The molecule has 0 radical (unpaired) electrons. The Morgan fingerprint density at radius 2 is 1.76 bits per heavy atom. The first-order valence-electron chi connectivity index (χ1n) is 6.90. The third kappa shape index (κ3) is 3.80.